The normalized spacial score (nSPS) is 23.0. The summed E-state index contributed by atoms with van der Waals surface area (Å²) < 4.78 is 7.47. The van der Waals surface area contributed by atoms with Crippen LogP contribution in [-0.4, -0.2) is 15.6 Å². The largest absolute Gasteiger partial charge is 0.444 e. The van der Waals surface area contributed by atoms with Crippen molar-refractivity contribution in [2.75, 3.05) is 0 Å². The van der Waals surface area contributed by atoms with Gasteiger partial charge >= 0.3 is 0 Å². The summed E-state index contributed by atoms with van der Waals surface area (Å²) in [6.07, 6.45) is 1.06. The van der Waals surface area contributed by atoms with Gasteiger partial charge in [-0.1, -0.05) is 13.8 Å². The number of aromatic nitrogens is 2. The molecule has 6 nitrogen and oxygen atoms in total. The van der Waals surface area contributed by atoms with Crippen LogP contribution < -0.4 is 5.73 Å². The van der Waals surface area contributed by atoms with E-state index < -0.39 is 5.92 Å². The monoisotopic (exact) mass is 326 g/mol. The lowest BCUT2D eigenvalue weighted by molar-refractivity contribution is -0.119. The molecule has 24 heavy (non-hydrogen) atoms. The first-order valence-electron chi connectivity index (χ1n) is 8.00. The van der Waals surface area contributed by atoms with E-state index in [4.69, 9.17) is 10.5 Å². The second-order valence-electron chi connectivity index (χ2n) is 7.41. The molecule has 2 N–H and O–H groups in total. The van der Waals surface area contributed by atoms with Crippen LogP contribution in [0.3, 0.4) is 0 Å². The SMILES string of the molecule is Cc1nn(C)c(C)c1[C@@H]1C(C#N)=C(N)OC2=C1C(=O)CC(C)(C)C2. The number of carbonyl (C=O) groups excluding carboxylic acids is 1. The zero-order valence-corrected chi connectivity index (χ0v) is 14.7. The number of carbonyl (C=O) groups is 1. The van der Waals surface area contributed by atoms with Gasteiger partial charge in [0.15, 0.2) is 5.78 Å². The van der Waals surface area contributed by atoms with Gasteiger partial charge in [0.05, 0.1) is 11.6 Å². The molecular formula is C18H22N4O2. The number of aryl methyl sites for hydroxylation is 2. The molecule has 6 heteroatoms. The van der Waals surface area contributed by atoms with Gasteiger partial charge in [-0.3, -0.25) is 9.48 Å². The van der Waals surface area contributed by atoms with Crippen LogP contribution in [0.25, 0.3) is 0 Å². The van der Waals surface area contributed by atoms with Crippen molar-refractivity contribution in [3.8, 4) is 6.07 Å². The highest BCUT2D eigenvalue weighted by Gasteiger charge is 2.44. The first-order chi connectivity index (χ1) is 11.2. The summed E-state index contributed by atoms with van der Waals surface area (Å²) in [6.45, 7) is 7.90. The predicted octanol–water partition coefficient (Wildman–Crippen LogP) is 2.49. The molecule has 1 atom stereocenters. The van der Waals surface area contributed by atoms with E-state index in [0.717, 1.165) is 17.0 Å². The summed E-state index contributed by atoms with van der Waals surface area (Å²) in [5, 5.41) is 14.1. The Morgan fingerprint density at radius 1 is 1.38 bits per heavy atom. The molecule has 0 radical (unpaired) electrons. The number of nitrogens with two attached hydrogens (primary N) is 1. The van der Waals surface area contributed by atoms with Crippen LogP contribution >= 0.6 is 0 Å². The predicted molar refractivity (Wildman–Crippen MR) is 88.4 cm³/mol. The van der Waals surface area contributed by atoms with E-state index in [-0.39, 0.29) is 17.1 Å². The van der Waals surface area contributed by atoms with E-state index in [9.17, 15) is 10.1 Å². The summed E-state index contributed by atoms with van der Waals surface area (Å²) in [5.74, 6) is 0.222. The quantitative estimate of drug-likeness (QED) is 0.855. The maximum atomic E-state index is 12.9. The first-order valence-corrected chi connectivity index (χ1v) is 8.00. The molecule has 0 fully saturated rings. The minimum absolute atomic E-state index is 0.0224. The van der Waals surface area contributed by atoms with Gasteiger partial charge in [0, 0.05) is 36.7 Å². The number of nitrogens with zero attached hydrogens (tertiary/aromatic N) is 3. The second kappa shape index (κ2) is 5.23. The summed E-state index contributed by atoms with van der Waals surface area (Å²) >= 11 is 0. The highest BCUT2D eigenvalue weighted by molar-refractivity contribution is 6.00. The Balaban J connectivity index is 2.26. The van der Waals surface area contributed by atoms with Crippen LogP contribution in [0.2, 0.25) is 0 Å². The highest BCUT2D eigenvalue weighted by Crippen LogP contribution is 2.48. The first kappa shape index (κ1) is 16.3. The third-order valence-corrected chi connectivity index (χ3v) is 4.93. The molecule has 1 aliphatic carbocycles. The van der Waals surface area contributed by atoms with Crippen LogP contribution in [0.1, 0.15) is 49.6 Å². The Morgan fingerprint density at radius 2 is 2.04 bits per heavy atom. The third kappa shape index (κ3) is 2.32. The van der Waals surface area contributed by atoms with Gasteiger partial charge in [0.1, 0.15) is 17.4 Å². The van der Waals surface area contributed by atoms with Crippen LogP contribution in [-0.2, 0) is 16.6 Å². The van der Waals surface area contributed by atoms with Crippen molar-refractivity contribution >= 4 is 5.78 Å². The van der Waals surface area contributed by atoms with Gasteiger partial charge in [-0.05, 0) is 19.3 Å². The number of rotatable bonds is 1. The molecule has 126 valence electrons. The summed E-state index contributed by atoms with van der Waals surface area (Å²) in [5.41, 5.74) is 9.31. The van der Waals surface area contributed by atoms with E-state index in [1.54, 1.807) is 4.68 Å². The van der Waals surface area contributed by atoms with E-state index in [2.05, 4.69) is 11.2 Å². The van der Waals surface area contributed by atoms with E-state index in [1.165, 1.54) is 0 Å². The van der Waals surface area contributed by atoms with Gasteiger partial charge in [0.25, 0.3) is 0 Å². The molecule has 0 aromatic carbocycles. The maximum absolute atomic E-state index is 12.9. The molecule has 2 heterocycles. The van der Waals surface area contributed by atoms with Crippen molar-refractivity contribution in [2.45, 2.75) is 46.5 Å². The van der Waals surface area contributed by atoms with Crippen LogP contribution in [0.4, 0.5) is 0 Å². The molecule has 1 aromatic heterocycles. The Labute approximate surface area is 141 Å². The fourth-order valence-corrected chi connectivity index (χ4v) is 3.78. The lowest BCUT2D eigenvalue weighted by Crippen LogP contribution is -2.33. The summed E-state index contributed by atoms with van der Waals surface area (Å²) in [6, 6.07) is 2.15. The topological polar surface area (TPSA) is 93.9 Å². The molecule has 1 aromatic rings. The molecule has 0 spiro atoms. The maximum Gasteiger partial charge on any atom is 0.205 e. The fourth-order valence-electron chi connectivity index (χ4n) is 3.78. The van der Waals surface area contributed by atoms with E-state index in [1.807, 2.05) is 34.7 Å². The number of ketones is 1. The number of nitriles is 1. The number of ether oxygens (including phenoxy) is 1. The second-order valence-corrected chi connectivity index (χ2v) is 7.41. The smallest absolute Gasteiger partial charge is 0.205 e. The van der Waals surface area contributed by atoms with Crippen LogP contribution in [0, 0.1) is 30.6 Å². The van der Waals surface area contributed by atoms with Gasteiger partial charge in [-0.2, -0.15) is 10.4 Å². The number of hydrogen-bond donors (Lipinski definition) is 1. The Bertz CT molecular complexity index is 849. The third-order valence-electron chi connectivity index (χ3n) is 4.93. The molecule has 2 aliphatic rings. The van der Waals surface area contributed by atoms with Gasteiger partial charge in [0.2, 0.25) is 5.88 Å². The Kier molecular flexibility index (Phi) is 3.56. The van der Waals surface area contributed by atoms with Crippen molar-refractivity contribution in [1.82, 2.24) is 9.78 Å². The van der Waals surface area contributed by atoms with E-state index in [0.29, 0.717) is 29.7 Å². The van der Waals surface area contributed by atoms with Crippen molar-refractivity contribution in [3.05, 3.63) is 39.7 Å². The van der Waals surface area contributed by atoms with Gasteiger partial charge in [-0.25, -0.2) is 0 Å². The average Bonchev–Trinajstić information content (AvgIpc) is 2.69. The lowest BCUT2D eigenvalue weighted by atomic mass is 9.70. The van der Waals surface area contributed by atoms with Crippen molar-refractivity contribution in [3.63, 3.8) is 0 Å². The Morgan fingerprint density at radius 3 is 2.58 bits per heavy atom. The fraction of sp³-hybridized carbons (Fsp3) is 0.500. The average molecular weight is 326 g/mol. The highest BCUT2D eigenvalue weighted by atomic mass is 16.5. The molecule has 0 bridgehead atoms. The standard InChI is InChI=1S/C18H22N4O2/c1-9-14(10(2)22(5)21-9)15-11(8-19)17(20)24-13-7-18(3,4)6-12(23)16(13)15/h15H,6-7,20H2,1-5H3/t15-/m0/s1. The van der Waals surface area contributed by atoms with E-state index >= 15 is 0 Å². The van der Waals surface area contributed by atoms with Gasteiger partial charge < -0.3 is 10.5 Å². The molecule has 0 saturated heterocycles. The molecule has 1 aliphatic heterocycles. The molecular weight excluding hydrogens is 304 g/mol. The summed E-state index contributed by atoms with van der Waals surface area (Å²) in [4.78, 5) is 12.9. The van der Waals surface area contributed by atoms with Gasteiger partial charge in [-0.15, -0.1) is 0 Å². The van der Waals surface area contributed by atoms with Crippen molar-refractivity contribution < 1.29 is 9.53 Å². The van der Waals surface area contributed by atoms with Crippen LogP contribution in [0.15, 0.2) is 22.8 Å². The number of Topliss-reactive ketones (excluding diaryl/α,β-unsaturated/α-hetero) is 1. The minimum Gasteiger partial charge on any atom is -0.444 e. The summed E-state index contributed by atoms with van der Waals surface area (Å²) in [7, 11) is 1.85. The van der Waals surface area contributed by atoms with Crippen molar-refractivity contribution in [1.29, 1.82) is 5.26 Å². The molecule has 3 rings (SSSR count). The molecule has 0 amide bonds. The zero-order chi connectivity index (χ0) is 17.8. The zero-order valence-electron chi connectivity index (χ0n) is 14.7. The number of allylic oxidation sites excluding steroid dienone is 3. The number of hydrogen-bond acceptors (Lipinski definition) is 5. The Hall–Kier alpha value is -2.55. The van der Waals surface area contributed by atoms with Crippen molar-refractivity contribution in [2.24, 2.45) is 18.2 Å². The minimum atomic E-state index is -0.490. The molecule has 0 unspecified atom stereocenters. The molecule has 0 saturated carbocycles. The van der Waals surface area contributed by atoms with Crippen LogP contribution in [0.5, 0.6) is 0 Å². The lowest BCUT2D eigenvalue weighted by Gasteiger charge is -2.37.